The van der Waals surface area contributed by atoms with Gasteiger partial charge in [0.1, 0.15) is 0 Å². The normalized spacial score (nSPS) is 20.8. The lowest BCUT2D eigenvalue weighted by Crippen LogP contribution is -2.39. The summed E-state index contributed by atoms with van der Waals surface area (Å²) in [6.45, 7) is 9.05. The van der Waals surface area contributed by atoms with Crippen molar-refractivity contribution in [3.63, 3.8) is 0 Å². The molecule has 0 spiro atoms. The molecule has 0 amide bonds. The Bertz CT molecular complexity index is 321. The van der Waals surface area contributed by atoms with E-state index in [0.29, 0.717) is 11.5 Å². The molecule has 0 aliphatic carbocycles. The smallest absolute Gasteiger partial charge is 0.0950 e. The maximum atomic E-state index is 4.31. The first-order valence-electron chi connectivity index (χ1n) is 5.86. The molecule has 1 N–H and O–H groups in total. The van der Waals surface area contributed by atoms with Crippen LogP contribution in [0.4, 0.5) is 0 Å². The fourth-order valence-electron chi connectivity index (χ4n) is 2.42. The van der Waals surface area contributed by atoms with Gasteiger partial charge >= 0.3 is 0 Å². The van der Waals surface area contributed by atoms with Crippen molar-refractivity contribution in [2.75, 3.05) is 13.1 Å². The minimum absolute atomic E-state index is 0.312. The van der Waals surface area contributed by atoms with E-state index in [1.807, 2.05) is 12.5 Å². The first-order chi connectivity index (χ1) is 7.13. The molecule has 0 unspecified atom stereocenters. The Labute approximate surface area is 91.9 Å². The standard InChI is InChI=1S/C12H21N3/c1-10(2)15-9-14-8-11(15)12(3)4-6-13-7-5-12/h8-10,13H,4-7H2,1-3H3. The lowest BCUT2D eigenvalue weighted by Gasteiger charge is -2.35. The first kappa shape index (κ1) is 10.7. The number of nitrogens with zero attached hydrogens (tertiary/aromatic N) is 2. The van der Waals surface area contributed by atoms with Crippen LogP contribution in [-0.2, 0) is 5.41 Å². The molecular formula is C12H21N3. The van der Waals surface area contributed by atoms with E-state index in [-0.39, 0.29) is 0 Å². The molecule has 1 fully saturated rings. The molecular weight excluding hydrogens is 186 g/mol. The van der Waals surface area contributed by atoms with Crippen molar-refractivity contribution < 1.29 is 0 Å². The highest BCUT2D eigenvalue weighted by atomic mass is 15.1. The van der Waals surface area contributed by atoms with Crippen LogP contribution in [0.1, 0.15) is 45.3 Å². The second kappa shape index (κ2) is 3.97. The highest BCUT2D eigenvalue weighted by Gasteiger charge is 2.31. The molecule has 0 aromatic carbocycles. The van der Waals surface area contributed by atoms with E-state index in [9.17, 15) is 0 Å². The van der Waals surface area contributed by atoms with Gasteiger partial charge in [0.25, 0.3) is 0 Å². The molecule has 84 valence electrons. The Balaban J connectivity index is 2.30. The van der Waals surface area contributed by atoms with E-state index in [4.69, 9.17) is 0 Å². The van der Waals surface area contributed by atoms with Gasteiger partial charge in [0.05, 0.1) is 6.33 Å². The Morgan fingerprint density at radius 2 is 2.07 bits per heavy atom. The zero-order chi connectivity index (χ0) is 10.9. The molecule has 0 radical (unpaired) electrons. The van der Waals surface area contributed by atoms with E-state index < -0.39 is 0 Å². The molecule has 2 rings (SSSR count). The fraction of sp³-hybridized carbons (Fsp3) is 0.750. The molecule has 1 aromatic heterocycles. The number of aromatic nitrogens is 2. The van der Waals surface area contributed by atoms with Crippen LogP contribution in [0.3, 0.4) is 0 Å². The quantitative estimate of drug-likeness (QED) is 0.805. The molecule has 15 heavy (non-hydrogen) atoms. The predicted octanol–water partition coefficient (Wildman–Crippen LogP) is 2.11. The Hall–Kier alpha value is -0.830. The largest absolute Gasteiger partial charge is 0.332 e. The van der Waals surface area contributed by atoms with Crippen LogP contribution in [0.5, 0.6) is 0 Å². The highest BCUT2D eigenvalue weighted by molar-refractivity contribution is 5.16. The lowest BCUT2D eigenvalue weighted by molar-refractivity contribution is 0.312. The van der Waals surface area contributed by atoms with Crippen molar-refractivity contribution in [1.29, 1.82) is 0 Å². The summed E-state index contributed by atoms with van der Waals surface area (Å²) in [5.41, 5.74) is 1.71. The topological polar surface area (TPSA) is 29.9 Å². The molecule has 0 bridgehead atoms. The Morgan fingerprint density at radius 1 is 1.40 bits per heavy atom. The van der Waals surface area contributed by atoms with Crippen LogP contribution in [0.25, 0.3) is 0 Å². The molecule has 0 saturated carbocycles. The van der Waals surface area contributed by atoms with Gasteiger partial charge in [-0.05, 0) is 39.8 Å². The summed E-state index contributed by atoms with van der Waals surface area (Å²) in [7, 11) is 0. The van der Waals surface area contributed by atoms with Crippen LogP contribution in [-0.4, -0.2) is 22.6 Å². The molecule has 1 aliphatic heterocycles. The second-order valence-corrected chi connectivity index (χ2v) is 5.09. The van der Waals surface area contributed by atoms with Crippen LogP contribution < -0.4 is 5.32 Å². The average Bonchev–Trinajstić information content (AvgIpc) is 2.67. The third kappa shape index (κ3) is 1.93. The van der Waals surface area contributed by atoms with Crippen molar-refractivity contribution in [3.05, 3.63) is 18.2 Å². The molecule has 1 saturated heterocycles. The summed E-state index contributed by atoms with van der Waals surface area (Å²) in [5, 5.41) is 3.42. The molecule has 2 heterocycles. The van der Waals surface area contributed by atoms with Crippen molar-refractivity contribution in [2.24, 2.45) is 0 Å². The highest BCUT2D eigenvalue weighted by Crippen LogP contribution is 2.33. The maximum absolute atomic E-state index is 4.31. The number of piperidine rings is 1. The SMILES string of the molecule is CC(C)n1cncc1C1(C)CCNCC1. The summed E-state index contributed by atoms with van der Waals surface area (Å²) in [6.07, 6.45) is 6.44. The van der Waals surface area contributed by atoms with E-state index in [1.165, 1.54) is 18.5 Å². The zero-order valence-corrected chi connectivity index (χ0v) is 9.95. The van der Waals surface area contributed by atoms with Crippen LogP contribution in [0.15, 0.2) is 12.5 Å². The second-order valence-electron chi connectivity index (χ2n) is 5.09. The van der Waals surface area contributed by atoms with Crippen molar-refractivity contribution in [3.8, 4) is 0 Å². The fourth-order valence-corrected chi connectivity index (χ4v) is 2.42. The summed E-state index contributed by atoms with van der Waals surface area (Å²) < 4.78 is 2.31. The van der Waals surface area contributed by atoms with E-state index in [1.54, 1.807) is 0 Å². The van der Waals surface area contributed by atoms with E-state index in [0.717, 1.165) is 13.1 Å². The number of nitrogens with one attached hydrogen (secondary N) is 1. The van der Waals surface area contributed by atoms with Crippen LogP contribution in [0, 0.1) is 0 Å². The maximum Gasteiger partial charge on any atom is 0.0950 e. The summed E-state index contributed by atoms with van der Waals surface area (Å²) in [4.78, 5) is 4.31. The number of hydrogen-bond donors (Lipinski definition) is 1. The summed E-state index contributed by atoms with van der Waals surface area (Å²) in [6, 6.07) is 0.509. The lowest BCUT2D eigenvalue weighted by atomic mass is 9.78. The van der Waals surface area contributed by atoms with Crippen molar-refractivity contribution in [2.45, 2.75) is 45.1 Å². The third-order valence-corrected chi connectivity index (χ3v) is 3.55. The minimum atomic E-state index is 0.312. The van der Waals surface area contributed by atoms with Crippen LogP contribution >= 0.6 is 0 Å². The Kier molecular flexibility index (Phi) is 2.83. The molecule has 1 aromatic rings. The zero-order valence-electron chi connectivity index (χ0n) is 9.95. The predicted molar refractivity (Wildman–Crippen MR) is 62.1 cm³/mol. The molecule has 1 aliphatic rings. The van der Waals surface area contributed by atoms with Gasteiger partial charge in [-0.15, -0.1) is 0 Å². The Morgan fingerprint density at radius 3 is 2.67 bits per heavy atom. The van der Waals surface area contributed by atoms with Gasteiger partial charge in [-0.3, -0.25) is 0 Å². The average molecular weight is 207 g/mol. The van der Waals surface area contributed by atoms with Crippen molar-refractivity contribution >= 4 is 0 Å². The number of imidazole rings is 1. The summed E-state index contributed by atoms with van der Waals surface area (Å²) >= 11 is 0. The van der Waals surface area contributed by atoms with E-state index >= 15 is 0 Å². The molecule has 3 nitrogen and oxygen atoms in total. The van der Waals surface area contributed by atoms with Gasteiger partial charge in [-0.1, -0.05) is 6.92 Å². The van der Waals surface area contributed by atoms with Gasteiger partial charge in [-0.2, -0.15) is 0 Å². The van der Waals surface area contributed by atoms with Gasteiger partial charge < -0.3 is 9.88 Å². The number of rotatable bonds is 2. The van der Waals surface area contributed by atoms with Gasteiger partial charge in [-0.25, -0.2) is 4.98 Å². The third-order valence-electron chi connectivity index (χ3n) is 3.55. The minimum Gasteiger partial charge on any atom is -0.332 e. The monoisotopic (exact) mass is 207 g/mol. The van der Waals surface area contributed by atoms with Gasteiger partial charge in [0.15, 0.2) is 0 Å². The van der Waals surface area contributed by atoms with Gasteiger partial charge in [0, 0.05) is 23.3 Å². The summed E-state index contributed by atoms with van der Waals surface area (Å²) in [5.74, 6) is 0. The van der Waals surface area contributed by atoms with Crippen molar-refractivity contribution in [1.82, 2.24) is 14.9 Å². The first-order valence-corrected chi connectivity index (χ1v) is 5.86. The van der Waals surface area contributed by atoms with Crippen LogP contribution in [0.2, 0.25) is 0 Å². The van der Waals surface area contributed by atoms with E-state index in [2.05, 4.69) is 35.6 Å². The number of hydrogen-bond acceptors (Lipinski definition) is 2. The molecule has 3 heteroatoms. The molecule has 0 atom stereocenters. The van der Waals surface area contributed by atoms with Gasteiger partial charge in [0.2, 0.25) is 0 Å².